The second-order valence-corrected chi connectivity index (χ2v) is 4.13. The Morgan fingerprint density at radius 3 is 2.00 bits per heavy atom. The smallest absolute Gasteiger partial charge is 0.115 e. The fourth-order valence-electron chi connectivity index (χ4n) is 0.872. The van der Waals surface area contributed by atoms with Crippen LogP contribution in [0, 0.1) is 5.41 Å². The first-order valence-electron chi connectivity index (χ1n) is 4.32. The van der Waals surface area contributed by atoms with Gasteiger partial charge in [0.15, 0.2) is 0 Å². The molecule has 0 aromatic rings. The van der Waals surface area contributed by atoms with E-state index < -0.39 is 5.72 Å². The molecule has 68 valence electrons. The number of aliphatic hydroxyl groups is 1. The van der Waals surface area contributed by atoms with Crippen LogP contribution in [0.15, 0.2) is 0 Å². The predicted octanol–water partition coefficient (Wildman–Crippen LogP) is 1.87. The average Bonchev–Trinajstić information content (AvgIpc) is 1.81. The molecule has 0 bridgehead atoms. The molecule has 2 heteroatoms. The van der Waals surface area contributed by atoms with E-state index in [1.165, 1.54) is 0 Å². The molecule has 0 aliphatic heterocycles. The van der Waals surface area contributed by atoms with Crippen molar-refractivity contribution < 1.29 is 5.11 Å². The Morgan fingerprint density at radius 2 is 1.73 bits per heavy atom. The second-order valence-electron chi connectivity index (χ2n) is 4.13. The molecule has 1 unspecified atom stereocenters. The molecule has 0 aromatic heterocycles. The van der Waals surface area contributed by atoms with Gasteiger partial charge < -0.3 is 10.8 Å². The van der Waals surface area contributed by atoms with Gasteiger partial charge in [0.25, 0.3) is 0 Å². The molecule has 0 saturated heterocycles. The minimum Gasteiger partial charge on any atom is -0.376 e. The lowest BCUT2D eigenvalue weighted by Gasteiger charge is -2.36. The van der Waals surface area contributed by atoms with E-state index in [1.54, 1.807) is 6.92 Å². The van der Waals surface area contributed by atoms with Gasteiger partial charge >= 0.3 is 0 Å². The van der Waals surface area contributed by atoms with Crippen LogP contribution in [0.3, 0.4) is 0 Å². The summed E-state index contributed by atoms with van der Waals surface area (Å²) in [7, 11) is 0. The highest BCUT2D eigenvalue weighted by atomic mass is 16.3. The van der Waals surface area contributed by atoms with Crippen molar-refractivity contribution in [2.75, 3.05) is 0 Å². The third kappa shape index (κ3) is 3.21. The number of unbranched alkanes of at least 4 members (excludes halogenated alkanes) is 1. The Bertz CT molecular complexity index is 113. The Kier molecular flexibility index (Phi) is 3.52. The Labute approximate surface area is 69.8 Å². The monoisotopic (exact) mass is 159 g/mol. The normalized spacial score (nSPS) is 18.0. The standard InChI is InChI=1S/C9H21NO/c1-5-6-7-8(2,3)9(4,10)11/h11H,5-7,10H2,1-4H3. The van der Waals surface area contributed by atoms with E-state index in [4.69, 9.17) is 5.73 Å². The molecule has 0 rings (SSSR count). The molecule has 0 aromatic carbocycles. The van der Waals surface area contributed by atoms with E-state index in [-0.39, 0.29) is 5.41 Å². The van der Waals surface area contributed by atoms with Crippen molar-refractivity contribution in [3.8, 4) is 0 Å². The minimum absolute atomic E-state index is 0.178. The van der Waals surface area contributed by atoms with Crippen molar-refractivity contribution in [3.05, 3.63) is 0 Å². The van der Waals surface area contributed by atoms with Crippen molar-refractivity contribution in [2.24, 2.45) is 11.1 Å². The summed E-state index contributed by atoms with van der Waals surface area (Å²) in [5.74, 6) is 0. The topological polar surface area (TPSA) is 46.2 Å². The maximum atomic E-state index is 9.55. The highest BCUT2D eigenvalue weighted by Crippen LogP contribution is 2.31. The van der Waals surface area contributed by atoms with Crippen LogP contribution < -0.4 is 5.73 Å². The van der Waals surface area contributed by atoms with Crippen LogP contribution in [0.5, 0.6) is 0 Å². The third-order valence-corrected chi connectivity index (χ3v) is 2.53. The Hall–Kier alpha value is -0.0800. The first kappa shape index (κ1) is 10.9. The zero-order valence-corrected chi connectivity index (χ0v) is 8.15. The van der Waals surface area contributed by atoms with Gasteiger partial charge in [-0.25, -0.2) is 0 Å². The molecule has 0 aliphatic rings. The van der Waals surface area contributed by atoms with Gasteiger partial charge in [-0.05, 0) is 13.3 Å². The molecule has 0 spiro atoms. The third-order valence-electron chi connectivity index (χ3n) is 2.53. The Balaban J connectivity index is 4.00. The summed E-state index contributed by atoms with van der Waals surface area (Å²) in [4.78, 5) is 0. The fourth-order valence-corrected chi connectivity index (χ4v) is 0.872. The maximum absolute atomic E-state index is 9.55. The summed E-state index contributed by atoms with van der Waals surface area (Å²) >= 11 is 0. The molecule has 0 amide bonds. The van der Waals surface area contributed by atoms with E-state index in [2.05, 4.69) is 6.92 Å². The number of hydrogen-bond acceptors (Lipinski definition) is 2. The largest absolute Gasteiger partial charge is 0.376 e. The van der Waals surface area contributed by atoms with E-state index >= 15 is 0 Å². The maximum Gasteiger partial charge on any atom is 0.115 e. The molecule has 0 heterocycles. The van der Waals surface area contributed by atoms with Crippen molar-refractivity contribution in [2.45, 2.75) is 52.7 Å². The lowest BCUT2D eigenvalue weighted by Crippen LogP contribution is -2.49. The van der Waals surface area contributed by atoms with E-state index in [1.807, 2.05) is 13.8 Å². The highest BCUT2D eigenvalue weighted by Gasteiger charge is 2.34. The zero-order chi connectivity index (χ0) is 9.12. The molecule has 3 N–H and O–H groups in total. The predicted molar refractivity (Wildman–Crippen MR) is 48.1 cm³/mol. The molecule has 1 atom stereocenters. The first-order chi connectivity index (χ1) is 4.81. The second kappa shape index (κ2) is 3.55. The van der Waals surface area contributed by atoms with Crippen LogP contribution in [0.4, 0.5) is 0 Å². The number of rotatable bonds is 4. The molecule has 0 radical (unpaired) electrons. The van der Waals surface area contributed by atoms with Crippen molar-refractivity contribution in [1.29, 1.82) is 0 Å². The average molecular weight is 159 g/mol. The van der Waals surface area contributed by atoms with Gasteiger partial charge in [-0.15, -0.1) is 0 Å². The lowest BCUT2D eigenvalue weighted by molar-refractivity contribution is -0.0512. The van der Waals surface area contributed by atoms with E-state index in [0.717, 1.165) is 19.3 Å². The molecule has 0 saturated carbocycles. The van der Waals surface area contributed by atoms with Gasteiger partial charge in [0.2, 0.25) is 0 Å². The van der Waals surface area contributed by atoms with Gasteiger partial charge in [-0.1, -0.05) is 33.6 Å². The quantitative estimate of drug-likeness (QED) is 0.615. The summed E-state index contributed by atoms with van der Waals surface area (Å²) < 4.78 is 0. The molecular weight excluding hydrogens is 138 g/mol. The first-order valence-corrected chi connectivity index (χ1v) is 4.32. The number of hydrogen-bond donors (Lipinski definition) is 2. The van der Waals surface area contributed by atoms with Crippen LogP contribution in [0.1, 0.15) is 47.0 Å². The van der Waals surface area contributed by atoms with Gasteiger partial charge in [0, 0.05) is 5.41 Å². The molecule has 0 aliphatic carbocycles. The van der Waals surface area contributed by atoms with Crippen LogP contribution in [-0.4, -0.2) is 10.8 Å². The summed E-state index contributed by atoms with van der Waals surface area (Å²) in [6.07, 6.45) is 3.26. The highest BCUT2D eigenvalue weighted by molar-refractivity contribution is 4.83. The van der Waals surface area contributed by atoms with Gasteiger partial charge in [0.1, 0.15) is 5.72 Å². The van der Waals surface area contributed by atoms with Crippen molar-refractivity contribution in [3.63, 3.8) is 0 Å². The zero-order valence-electron chi connectivity index (χ0n) is 8.15. The summed E-state index contributed by atoms with van der Waals surface area (Å²) in [5.41, 5.74) is 4.38. The molecule has 0 fully saturated rings. The number of nitrogens with two attached hydrogens (primary N) is 1. The van der Waals surface area contributed by atoms with Gasteiger partial charge in [0.05, 0.1) is 0 Å². The lowest BCUT2D eigenvalue weighted by atomic mass is 9.78. The Morgan fingerprint density at radius 1 is 1.27 bits per heavy atom. The van der Waals surface area contributed by atoms with Crippen LogP contribution in [-0.2, 0) is 0 Å². The summed E-state index contributed by atoms with van der Waals surface area (Å²) in [6, 6.07) is 0. The molecule has 11 heavy (non-hydrogen) atoms. The summed E-state index contributed by atoms with van der Waals surface area (Å²) in [5, 5.41) is 9.55. The van der Waals surface area contributed by atoms with Gasteiger partial charge in [-0.3, -0.25) is 0 Å². The van der Waals surface area contributed by atoms with E-state index in [9.17, 15) is 5.11 Å². The fraction of sp³-hybridized carbons (Fsp3) is 1.00. The molecular formula is C9H21NO. The van der Waals surface area contributed by atoms with Crippen molar-refractivity contribution in [1.82, 2.24) is 0 Å². The van der Waals surface area contributed by atoms with Crippen LogP contribution in [0.2, 0.25) is 0 Å². The molecule has 2 nitrogen and oxygen atoms in total. The van der Waals surface area contributed by atoms with Crippen molar-refractivity contribution >= 4 is 0 Å². The van der Waals surface area contributed by atoms with Crippen LogP contribution in [0.25, 0.3) is 0 Å². The summed E-state index contributed by atoms with van der Waals surface area (Å²) in [6.45, 7) is 7.81. The SMILES string of the molecule is CCCCC(C)(C)C(C)(N)O. The van der Waals surface area contributed by atoms with Gasteiger partial charge in [-0.2, -0.15) is 0 Å². The van der Waals surface area contributed by atoms with Crippen LogP contribution >= 0.6 is 0 Å². The minimum atomic E-state index is -1.05. The van der Waals surface area contributed by atoms with E-state index in [0.29, 0.717) is 0 Å².